The molecule has 0 aliphatic carbocycles. The Hall–Kier alpha value is -3.38. The van der Waals surface area contributed by atoms with Crippen LogP contribution in [-0.2, 0) is 16.0 Å². The molecule has 1 aromatic heterocycles. The fourth-order valence-electron chi connectivity index (χ4n) is 2.72. The SMILES string of the molecule is C=O.C=O.Cc1cc(-c2ccc(OCC(O)CCc3cccnc3)cc2)ccc1F. The quantitative estimate of drug-likeness (QED) is 0.631. The van der Waals surface area contributed by atoms with Crippen LogP contribution in [0, 0.1) is 12.7 Å². The molecule has 3 aromatic rings. The molecule has 0 radical (unpaired) electrons. The third kappa shape index (κ3) is 7.93. The van der Waals surface area contributed by atoms with Gasteiger partial charge < -0.3 is 19.4 Å². The van der Waals surface area contributed by atoms with E-state index in [1.807, 2.05) is 62.2 Å². The summed E-state index contributed by atoms with van der Waals surface area (Å²) in [6.45, 7) is 6.00. The first-order chi connectivity index (χ1) is 14.6. The van der Waals surface area contributed by atoms with Crippen LogP contribution in [0.4, 0.5) is 4.39 Å². The van der Waals surface area contributed by atoms with Crippen molar-refractivity contribution in [3.8, 4) is 16.9 Å². The van der Waals surface area contributed by atoms with Crippen LogP contribution in [0.15, 0.2) is 67.0 Å². The lowest BCUT2D eigenvalue weighted by Crippen LogP contribution is -2.18. The van der Waals surface area contributed by atoms with Crippen molar-refractivity contribution in [1.82, 2.24) is 4.98 Å². The zero-order valence-corrected chi connectivity index (χ0v) is 17.0. The van der Waals surface area contributed by atoms with Crippen molar-refractivity contribution >= 4 is 13.6 Å². The summed E-state index contributed by atoms with van der Waals surface area (Å²) < 4.78 is 19.0. The Bertz CT molecular complexity index is 870. The van der Waals surface area contributed by atoms with Crippen molar-refractivity contribution in [1.29, 1.82) is 0 Å². The van der Waals surface area contributed by atoms with Gasteiger partial charge in [0.2, 0.25) is 0 Å². The Morgan fingerprint density at radius 3 is 2.30 bits per heavy atom. The maximum atomic E-state index is 13.4. The molecule has 1 atom stereocenters. The topological polar surface area (TPSA) is 76.5 Å². The molecule has 158 valence electrons. The van der Waals surface area contributed by atoms with Crippen LogP contribution in [-0.4, -0.2) is 36.4 Å². The molecule has 1 N–H and O–H groups in total. The molecular formula is C24H26FNO4. The van der Waals surface area contributed by atoms with Crippen molar-refractivity contribution < 1.29 is 23.8 Å². The Labute approximate surface area is 176 Å². The van der Waals surface area contributed by atoms with Crippen LogP contribution in [0.2, 0.25) is 0 Å². The summed E-state index contributed by atoms with van der Waals surface area (Å²) in [5, 5.41) is 10.1. The normalized spacial score (nSPS) is 10.6. The molecule has 0 aliphatic heterocycles. The third-order valence-electron chi connectivity index (χ3n) is 4.28. The number of rotatable bonds is 7. The fourth-order valence-corrected chi connectivity index (χ4v) is 2.72. The molecule has 2 aromatic carbocycles. The zero-order chi connectivity index (χ0) is 22.4. The number of ether oxygens (including phenoxy) is 1. The summed E-state index contributed by atoms with van der Waals surface area (Å²) in [4.78, 5) is 20.1. The average Bonchev–Trinajstić information content (AvgIpc) is 2.82. The summed E-state index contributed by atoms with van der Waals surface area (Å²) in [6.07, 6.45) is 4.40. The zero-order valence-electron chi connectivity index (χ0n) is 17.0. The first-order valence-corrected chi connectivity index (χ1v) is 9.26. The van der Waals surface area contributed by atoms with Crippen molar-refractivity contribution in [2.45, 2.75) is 25.9 Å². The number of carbonyl (C=O) groups excluding carboxylic acids is 2. The molecule has 0 fully saturated rings. The molecule has 0 saturated heterocycles. The highest BCUT2D eigenvalue weighted by atomic mass is 19.1. The lowest BCUT2D eigenvalue weighted by molar-refractivity contribution is -0.0987. The molecule has 0 spiro atoms. The number of hydrogen-bond acceptors (Lipinski definition) is 5. The first-order valence-electron chi connectivity index (χ1n) is 9.26. The number of aliphatic hydroxyl groups excluding tert-OH is 1. The Morgan fingerprint density at radius 2 is 1.70 bits per heavy atom. The van der Waals surface area contributed by atoms with Crippen LogP contribution < -0.4 is 4.74 Å². The standard InChI is InChI=1S/C22H22FNO2.2CH2O/c1-16-13-19(7-11-22(16)23)18-5-9-21(10-6-18)26-15-20(25)8-4-17-3-2-12-24-14-17;2*1-2/h2-3,5-7,9-14,20,25H,4,8,15H2,1H3;2*1H2. The number of pyridine rings is 1. The Kier molecular flexibility index (Phi) is 11.3. The van der Waals surface area contributed by atoms with E-state index in [0.717, 1.165) is 23.1 Å². The van der Waals surface area contributed by atoms with Crippen LogP contribution in [0.5, 0.6) is 5.75 Å². The van der Waals surface area contributed by atoms with Crippen molar-refractivity contribution in [3.05, 3.63) is 83.9 Å². The second kappa shape index (κ2) is 13.7. The molecule has 3 rings (SSSR count). The highest BCUT2D eigenvalue weighted by Crippen LogP contribution is 2.24. The molecule has 1 unspecified atom stereocenters. The van der Waals surface area contributed by atoms with Gasteiger partial charge in [-0.2, -0.15) is 0 Å². The molecule has 30 heavy (non-hydrogen) atoms. The van der Waals surface area contributed by atoms with E-state index in [4.69, 9.17) is 14.3 Å². The van der Waals surface area contributed by atoms with E-state index in [9.17, 15) is 9.50 Å². The summed E-state index contributed by atoms with van der Waals surface area (Å²) in [5.74, 6) is 0.502. The van der Waals surface area contributed by atoms with Crippen LogP contribution in [0.1, 0.15) is 17.5 Å². The summed E-state index contributed by atoms with van der Waals surface area (Å²) in [7, 11) is 0. The number of halogens is 1. The number of aliphatic hydroxyl groups is 1. The van der Waals surface area contributed by atoms with E-state index in [1.54, 1.807) is 19.2 Å². The minimum absolute atomic E-state index is 0.200. The van der Waals surface area contributed by atoms with Gasteiger partial charge in [0.25, 0.3) is 0 Å². The lowest BCUT2D eigenvalue weighted by Gasteiger charge is -2.13. The van der Waals surface area contributed by atoms with E-state index < -0.39 is 6.10 Å². The van der Waals surface area contributed by atoms with Crippen LogP contribution >= 0.6 is 0 Å². The van der Waals surface area contributed by atoms with Gasteiger partial charge in [-0.1, -0.05) is 24.3 Å². The van der Waals surface area contributed by atoms with E-state index in [-0.39, 0.29) is 12.4 Å². The van der Waals surface area contributed by atoms with Crippen LogP contribution in [0.25, 0.3) is 11.1 Å². The largest absolute Gasteiger partial charge is 0.491 e. The van der Waals surface area contributed by atoms with Gasteiger partial charge in [-0.15, -0.1) is 0 Å². The van der Waals surface area contributed by atoms with E-state index in [2.05, 4.69) is 4.98 Å². The van der Waals surface area contributed by atoms with Crippen molar-refractivity contribution in [2.75, 3.05) is 6.61 Å². The van der Waals surface area contributed by atoms with Gasteiger partial charge in [0.1, 0.15) is 31.8 Å². The van der Waals surface area contributed by atoms with E-state index in [1.165, 1.54) is 6.07 Å². The maximum absolute atomic E-state index is 13.4. The summed E-state index contributed by atoms with van der Waals surface area (Å²) >= 11 is 0. The molecule has 0 amide bonds. The van der Waals surface area contributed by atoms with Gasteiger partial charge in [0.15, 0.2) is 0 Å². The highest BCUT2D eigenvalue weighted by Gasteiger charge is 2.07. The van der Waals surface area contributed by atoms with Gasteiger partial charge in [0.05, 0.1) is 6.10 Å². The minimum atomic E-state index is -0.533. The van der Waals surface area contributed by atoms with Gasteiger partial charge in [-0.05, 0) is 72.4 Å². The highest BCUT2D eigenvalue weighted by molar-refractivity contribution is 5.64. The smallest absolute Gasteiger partial charge is 0.126 e. The van der Waals surface area contributed by atoms with Crippen molar-refractivity contribution in [3.63, 3.8) is 0 Å². The second-order valence-electron chi connectivity index (χ2n) is 6.35. The first kappa shape index (κ1) is 24.7. The number of aromatic nitrogens is 1. The molecule has 0 saturated carbocycles. The number of hydrogen-bond donors (Lipinski definition) is 1. The van der Waals surface area contributed by atoms with Gasteiger partial charge in [-0.3, -0.25) is 4.98 Å². The monoisotopic (exact) mass is 411 g/mol. The maximum Gasteiger partial charge on any atom is 0.126 e. The molecule has 6 heteroatoms. The number of carbonyl (C=O) groups is 2. The number of benzene rings is 2. The fraction of sp³-hybridized carbons (Fsp3) is 0.208. The molecule has 5 nitrogen and oxygen atoms in total. The Morgan fingerprint density at radius 1 is 1.03 bits per heavy atom. The Balaban J connectivity index is 0.00000106. The second-order valence-corrected chi connectivity index (χ2v) is 6.35. The van der Waals surface area contributed by atoms with E-state index >= 15 is 0 Å². The predicted octanol–water partition coefficient (Wildman–Crippen LogP) is 4.20. The number of nitrogens with zero attached hydrogens (tertiary/aromatic N) is 1. The summed E-state index contributed by atoms with van der Waals surface area (Å²) in [6, 6.07) is 16.6. The van der Waals surface area contributed by atoms with Gasteiger partial charge in [-0.25, -0.2) is 4.39 Å². The summed E-state index contributed by atoms with van der Waals surface area (Å²) in [5.41, 5.74) is 3.69. The van der Waals surface area contributed by atoms with E-state index in [0.29, 0.717) is 17.7 Å². The average molecular weight is 411 g/mol. The molecular weight excluding hydrogens is 385 g/mol. The predicted molar refractivity (Wildman–Crippen MR) is 115 cm³/mol. The van der Waals surface area contributed by atoms with Gasteiger partial charge in [0, 0.05) is 12.4 Å². The molecule has 1 heterocycles. The molecule has 0 aliphatic rings. The lowest BCUT2D eigenvalue weighted by atomic mass is 10.0. The van der Waals surface area contributed by atoms with Crippen molar-refractivity contribution in [2.24, 2.45) is 0 Å². The van der Waals surface area contributed by atoms with Gasteiger partial charge >= 0.3 is 0 Å². The van der Waals surface area contributed by atoms with Crippen LogP contribution in [0.3, 0.4) is 0 Å². The third-order valence-corrected chi connectivity index (χ3v) is 4.28. The number of aryl methyl sites for hydroxylation is 2. The minimum Gasteiger partial charge on any atom is -0.491 e. The molecule has 0 bridgehead atoms.